The van der Waals surface area contributed by atoms with Gasteiger partial charge in [0.15, 0.2) is 6.61 Å². The number of hydrogen-bond donors (Lipinski definition) is 1. The molecule has 25 heavy (non-hydrogen) atoms. The topological polar surface area (TPSA) is 51.5 Å². The molecule has 0 aliphatic rings. The Morgan fingerprint density at radius 2 is 1.88 bits per heavy atom. The highest BCUT2D eigenvalue weighted by Gasteiger charge is 2.07. The van der Waals surface area contributed by atoms with Crippen LogP contribution in [0.3, 0.4) is 0 Å². The van der Waals surface area contributed by atoms with Gasteiger partial charge < -0.3 is 14.5 Å². The minimum Gasteiger partial charge on any atom is -0.484 e. The number of hydrogen-bond acceptors (Lipinski definition) is 3. The summed E-state index contributed by atoms with van der Waals surface area (Å²) in [5, 5.41) is 4.63. The van der Waals surface area contributed by atoms with E-state index in [2.05, 4.69) is 5.32 Å². The molecule has 2 aromatic carbocycles. The molecule has 0 fully saturated rings. The summed E-state index contributed by atoms with van der Waals surface area (Å²) in [6.07, 6.45) is 0.638. The van der Waals surface area contributed by atoms with Crippen molar-refractivity contribution in [1.82, 2.24) is 5.32 Å². The highest BCUT2D eigenvalue weighted by molar-refractivity contribution is 6.32. The third-order valence-electron chi connectivity index (χ3n) is 3.95. The summed E-state index contributed by atoms with van der Waals surface area (Å²) in [6, 6.07) is 13.5. The van der Waals surface area contributed by atoms with E-state index in [4.69, 9.17) is 20.8 Å². The van der Waals surface area contributed by atoms with Crippen molar-refractivity contribution in [2.24, 2.45) is 0 Å². The number of furan rings is 1. The fraction of sp³-hybridized carbons (Fsp3) is 0.250. The number of carbonyl (C=O) groups is 1. The zero-order valence-electron chi connectivity index (χ0n) is 14.3. The van der Waals surface area contributed by atoms with E-state index in [0.717, 1.165) is 32.9 Å². The molecule has 4 nitrogen and oxygen atoms in total. The third kappa shape index (κ3) is 4.34. The second kappa shape index (κ2) is 7.62. The maximum Gasteiger partial charge on any atom is 0.257 e. The number of para-hydroxylation sites is 1. The Morgan fingerprint density at radius 3 is 2.60 bits per heavy atom. The minimum absolute atomic E-state index is 0.0271. The van der Waals surface area contributed by atoms with Crippen LogP contribution in [0.5, 0.6) is 5.75 Å². The third-order valence-corrected chi connectivity index (χ3v) is 4.55. The minimum atomic E-state index is -0.165. The van der Waals surface area contributed by atoms with Gasteiger partial charge in [0.05, 0.1) is 0 Å². The smallest absolute Gasteiger partial charge is 0.257 e. The van der Waals surface area contributed by atoms with Crippen molar-refractivity contribution in [2.75, 3.05) is 13.2 Å². The molecule has 3 rings (SSSR count). The molecule has 3 aromatic rings. The van der Waals surface area contributed by atoms with Gasteiger partial charge in [-0.3, -0.25) is 4.79 Å². The van der Waals surface area contributed by atoms with Crippen LogP contribution in [0.25, 0.3) is 11.0 Å². The van der Waals surface area contributed by atoms with Crippen LogP contribution in [0.15, 0.2) is 46.9 Å². The summed E-state index contributed by atoms with van der Waals surface area (Å²) in [6.45, 7) is 4.30. The summed E-state index contributed by atoms with van der Waals surface area (Å²) < 4.78 is 11.3. The number of nitrogens with one attached hydrogen (secondary N) is 1. The number of ether oxygens (including phenoxy) is 1. The summed E-state index contributed by atoms with van der Waals surface area (Å²) >= 11 is 6.12. The van der Waals surface area contributed by atoms with Gasteiger partial charge in [0.1, 0.15) is 17.1 Å². The van der Waals surface area contributed by atoms with Crippen LogP contribution in [0.1, 0.15) is 16.9 Å². The van der Waals surface area contributed by atoms with Gasteiger partial charge in [-0.25, -0.2) is 0 Å². The van der Waals surface area contributed by atoms with Crippen LogP contribution in [-0.2, 0) is 11.2 Å². The van der Waals surface area contributed by atoms with Crippen LogP contribution >= 0.6 is 11.6 Å². The number of benzene rings is 2. The first kappa shape index (κ1) is 17.4. The van der Waals surface area contributed by atoms with E-state index in [-0.39, 0.29) is 12.5 Å². The van der Waals surface area contributed by atoms with Gasteiger partial charge in [-0.1, -0.05) is 29.8 Å². The molecule has 0 atom stereocenters. The lowest BCUT2D eigenvalue weighted by atomic mass is 10.1. The van der Waals surface area contributed by atoms with E-state index in [1.807, 2.05) is 56.3 Å². The molecular weight excluding hydrogens is 338 g/mol. The van der Waals surface area contributed by atoms with E-state index in [9.17, 15) is 4.79 Å². The maximum absolute atomic E-state index is 11.9. The van der Waals surface area contributed by atoms with Gasteiger partial charge in [-0.2, -0.15) is 0 Å². The van der Waals surface area contributed by atoms with Crippen LogP contribution in [0.2, 0.25) is 5.02 Å². The Kier molecular flexibility index (Phi) is 5.29. The van der Waals surface area contributed by atoms with Gasteiger partial charge in [-0.05, 0) is 49.2 Å². The zero-order chi connectivity index (χ0) is 17.8. The molecule has 0 aliphatic carbocycles. The van der Waals surface area contributed by atoms with E-state index in [0.29, 0.717) is 18.7 Å². The first-order chi connectivity index (χ1) is 12.0. The number of halogens is 1. The molecule has 0 radical (unpaired) electrons. The van der Waals surface area contributed by atoms with Crippen molar-refractivity contribution >= 4 is 28.5 Å². The lowest BCUT2D eigenvalue weighted by Crippen LogP contribution is -2.30. The molecule has 0 saturated heterocycles. The molecule has 0 aliphatic heterocycles. The largest absolute Gasteiger partial charge is 0.484 e. The highest BCUT2D eigenvalue weighted by atomic mass is 35.5. The molecule has 0 bridgehead atoms. The van der Waals surface area contributed by atoms with Crippen molar-refractivity contribution in [3.05, 3.63) is 64.4 Å². The second-order valence-electron chi connectivity index (χ2n) is 6.01. The average molecular weight is 358 g/mol. The molecule has 0 unspecified atom stereocenters. The Labute approximate surface area is 151 Å². The SMILES string of the molecule is Cc1cc(OCC(=O)NCCc2cc3ccccc3o2)cc(C)c1Cl. The van der Waals surface area contributed by atoms with Crippen LogP contribution in [0, 0.1) is 13.8 Å². The van der Waals surface area contributed by atoms with Gasteiger partial charge in [0.25, 0.3) is 5.91 Å². The molecule has 0 saturated carbocycles. The van der Waals surface area contributed by atoms with Crippen LogP contribution in [-0.4, -0.2) is 19.1 Å². The van der Waals surface area contributed by atoms with E-state index >= 15 is 0 Å². The van der Waals surface area contributed by atoms with Crippen LogP contribution in [0.4, 0.5) is 0 Å². The summed E-state index contributed by atoms with van der Waals surface area (Å²) in [5.41, 5.74) is 2.73. The van der Waals surface area contributed by atoms with E-state index in [1.165, 1.54) is 0 Å². The maximum atomic E-state index is 11.9. The molecule has 130 valence electrons. The standard InChI is InChI=1S/C20H20ClNO3/c1-13-9-17(10-14(2)20(13)21)24-12-19(23)22-8-7-16-11-15-5-3-4-6-18(15)25-16/h3-6,9-11H,7-8,12H2,1-2H3,(H,22,23). The first-order valence-electron chi connectivity index (χ1n) is 8.16. The average Bonchev–Trinajstić information content (AvgIpc) is 3.00. The van der Waals surface area contributed by atoms with Crippen molar-refractivity contribution in [3.63, 3.8) is 0 Å². The number of carbonyl (C=O) groups excluding carboxylic acids is 1. The Balaban J connectivity index is 1.46. The second-order valence-corrected chi connectivity index (χ2v) is 6.39. The lowest BCUT2D eigenvalue weighted by Gasteiger charge is -2.10. The highest BCUT2D eigenvalue weighted by Crippen LogP contribution is 2.25. The van der Waals surface area contributed by atoms with Crippen molar-refractivity contribution in [1.29, 1.82) is 0 Å². The van der Waals surface area contributed by atoms with Gasteiger partial charge in [0.2, 0.25) is 0 Å². The van der Waals surface area contributed by atoms with Crippen molar-refractivity contribution in [3.8, 4) is 5.75 Å². The quantitative estimate of drug-likeness (QED) is 0.709. The molecule has 1 heterocycles. The van der Waals surface area contributed by atoms with E-state index in [1.54, 1.807) is 0 Å². The zero-order valence-corrected chi connectivity index (χ0v) is 15.0. The summed E-state index contributed by atoms with van der Waals surface area (Å²) in [4.78, 5) is 11.9. The fourth-order valence-electron chi connectivity index (χ4n) is 2.67. The van der Waals surface area contributed by atoms with Gasteiger partial charge in [0, 0.05) is 23.4 Å². The normalized spacial score (nSPS) is 10.8. The van der Waals surface area contributed by atoms with E-state index < -0.39 is 0 Å². The van der Waals surface area contributed by atoms with Crippen LogP contribution < -0.4 is 10.1 Å². The van der Waals surface area contributed by atoms with Crippen molar-refractivity contribution < 1.29 is 13.9 Å². The number of amides is 1. The summed E-state index contributed by atoms with van der Waals surface area (Å²) in [5.74, 6) is 1.33. The molecule has 0 spiro atoms. The molecule has 1 aromatic heterocycles. The molecule has 1 N–H and O–H groups in total. The Hall–Kier alpha value is -2.46. The lowest BCUT2D eigenvalue weighted by molar-refractivity contribution is -0.123. The van der Waals surface area contributed by atoms with Gasteiger partial charge in [-0.15, -0.1) is 0 Å². The molecular formula is C20H20ClNO3. The van der Waals surface area contributed by atoms with Gasteiger partial charge >= 0.3 is 0 Å². The number of aryl methyl sites for hydroxylation is 2. The predicted octanol–water partition coefficient (Wildman–Crippen LogP) is 4.44. The number of fused-ring (bicyclic) bond motifs is 1. The predicted molar refractivity (Wildman–Crippen MR) is 99.3 cm³/mol. The first-order valence-corrected chi connectivity index (χ1v) is 8.54. The monoisotopic (exact) mass is 357 g/mol. The molecule has 1 amide bonds. The Morgan fingerprint density at radius 1 is 1.16 bits per heavy atom. The van der Waals surface area contributed by atoms with Crippen molar-refractivity contribution in [2.45, 2.75) is 20.3 Å². The number of rotatable bonds is 6. The fourth-order valence-corrected chi connectivity index (χ4v) is 2.78. The Bertz CT molecular complexity index is 845. The molecule has 5 heteroatoms. The summed E-state index contributed by atoms with van der Waals surface area (Å²) in [7, 11) is 0.